The molecule has 2 atom stereocenters. The summed E-state index contributed by atoms with van der Waals surface area (Å²) in [6, 6.07) is 13.7. The van der Waals surface area contributed by atoms with Gasteiger partial charge in [-0.1, -0.05) is 30.4 Å². The molecule has 0 radical (unpaired) electrons. The van der Waals surface area contributed by atoms with Crippen LogP contribution in [-0.4, -0.2) is 52.3 Å². The molecule has 1 heterocycles. The molecule has 2 aromatic rings. The molecule has 3 rings (SSSR count). The van der Waals surface area contributed by atoms with Gasteiger partial charge in [0, 0.05) is 23.2 Å². The summed E-state index contributed by atoms with van der Waals surface area (Å²) >= 11 is 0. The topological polar surface area (TPSA) is 102 Å². The zero-order chi connectivity index (χ0) is 22.9. The summed E-state index contributed by atoms with van der Waals surface area (Å²) in [5.74, 6) is 4.79. The van der Waals surface area contributed by atoms with Crippen molar-refractivity contribution < 1.29 is 19.9 Å². The number of nitrogens with zero attached hydrogens (tertiary/aromatic N) is 1. The van der Waals surface area contributed by atoms with E-state index in [1.54, 1.807) is 24.3 Å². The number of hydrogen-bond acceptors (Lipinski definition) is 5. The molecule has 0 saturated carbocycles. The van der Waals surface area contributed by atoms with Crippen LogP contribution in [0.25, 0.3) is 0 Å². The van der Waals surface area contributed by atoms with E-state index < -0.39 is 24.0 Å². The van der Waals surface area contributed by atoms with E-state index in [4.69, 9.17) is 5.21 Å². The van der Waals surface area contributed by atoms with Gasteiger partial charge in [-0.3, -0.25) is 19.7 Å². The maximum absolute atomic E-state index is 12.3. The minimum Gasteiger partial charge on any atom is -0.391 e. The zero-order valence-electron chi connectivity index (χ0n) is 18.2. The van der Waals surface area contributed by atoms with Gasteiger partial charge in [-0.25, -0.2) is 5.48 Å². The summed E-state index contributed by atoms with van der Waals surface area (Å²) in [6.45, 7) is 4.67. The normalized spacial score (nSPS) is 15.7. The molecule has 0 aromatic heterocycles. The van der Waals surface area contributed by atoms with E-state index in [0.29, 0.717) is 5.56 Å². The minimum absolute atomic E-state index is 0.314. The molecular weight excluding hydrogens is 406 g/mol. The highest BCUT2D eigenvalue weighted by Gasteiger charge is 2.25. The van der Waals surface area contributed by atoms with E-state index in [0.717, 1.165) is 17.7 Å². The molecule has 1 saturated heterocycles. The summed E-state index contributed by atoms with van der Waals surface area (Å²) in [5, 5.41) is 20.8. The van der Waals surface area contributed by atoms with Gasteiger partial charge in [0.2, 0.25) is 0 Å². The predicted octanol–water partition coefficient (Wildman–Crippen LogP) is 2.06. The van der Waals surface area contributed by atoms with Crippen molar-refractivity contribution in [2.75, 3.05) is 13.1 Å². The number of hydroxylamine groups is 1. The van der Waals surface area contributed by atoms with Crippen LogP contribution in [0.3, 0.4) is 0 Å². The first-order chi connectivity index (χ1) is 15.5. The second-order valence-corrected chi connectivity index (χ2v) is 8.03. The van der Waals surface area contributed by atoms with E-state index in [9.17, 15) is 14.7 Å². The van der Waals surface area contributed by atoms with Gasteiger partial charge in [0.15, 0.2) is 0 Å². The third-order valence-electron chi connectivity index (χ3n) is 5.47. The molecule has 1 aliphatic heterocycles. The number of aliphatic hydroxyl groups excluding tert-OH is 1. The number of hydrogen-bond donors (Lipinski definition) is 4. The molecule has 1 fully saturated rings. The van der Waals surface area contributed by atoms with Gasteiger partial charge in [-0.05, 0) is 74.8 Å². The van der Waals surface area contributed by atoms with Crippen molar-refractivity contribution in [3.8, 4) is 11.8 Å². The molecule has 0 bridgehead atoms. The number of carbonyl (C=O) groups excluding carboxylic acids is 2. The lowest BCUT2D eigenvalue weighted by Crippen LogP contribution is -2.51. The SMILES string of the molecule is C[C@@H](O)[C@H](NC(=O)c1ccc(C#Cc2ccc(CN3CCCCC3)cc2)cc1)C(=O)NO. The van der Waals surface area contributed by atoms with Gasteiger partial charge in [-0.2, -0.15) is 0 Å². The first-order valence-corrected chi connectivity index (χ1v) is 10.8. The monoisotopic (exact) mass is 435 g/mol. The molecule has 32 heavy (non-hydrogen) atoms. The molecule has 7 nitrogen and oxygen atoms in total. The van der Waals surface area contributed by atoms with Gasteiger partial charge in [-0.15, -0.1) is 0 Å². The lowest BCUT2D eigenvalue weighted by atomic mass is 10.1. The van der Waals surface area contributed by atoms with Crippen molar-refractivity contribution in [3.63, 3.8) is 0 Å². The number of piperidine rings is 1. The highest BCUT2D eigenvalue weighted by molar-refractivity contribution is 5.97. The summed E-state index contributed by atoms with van der Waals surface area (Å²) in [4.78, 5) is 26.4. The number of carbonyl (C=O) groups is 2. The molecule has 0 unspecified atom stereocenters. The van der Waals surface area contributed by atoms with E-state index in [1.165, 1.54) is 50.3 Å². The number of amides is 2. The molecule has 2 aromatic carbocycles. The molecule has 0 spiro atoms. The van der Waals surface area contributed by atoms with Gasteiger partial charge in [0.05, 0.1) is 6.10 Å². The largest absolute Gasteiger partial charge is 0.391 e. The summed E-state index contributed by atoms with van der Waals surface area (Å²) < 4.78 is 0. The lowest BCUT2D eigenvalue weighted by molar-refractivity contribution is -0.133. The maximum atomic E-state index is 12.3. The van der Waals surface area contributed by atoms with Crippen LogP contribution in [0.1, 0.15) is 53.2 Å². The van der Waals surface area contributed by atoms with E-state index in [1.807, 2.05) is 12.1 Å². The predicted molar refractivity (Wildman–Crippen MR) is 121 cm³/mol. The van der Waals surface area contributed by atoms with Crippen molar-refractivity contribution >= 4 is 11.8 Å². The third-order valence-corrected chi connectivity index (χ3v) is 5.47. The summed E-state index contributed by atoms with van der Waals surface area (Å²) in [7, 11) is 0. The van der Waals surface area contributed by atoms with Crippen molar-refractivity contribution in [3.05, 3.63) is 70.8 Å². The van der Waals surface area contributed by atoms with E-state index in [2.05, 4.69) is 34.2 Å². The van der Waals surface area contributed by atoms with Gasteiger partial charge >= 0.3 is 0 Å². The second-order valence-electron chi connectivity index (χ2n) is 8.03. The molecule has 168 valence electrons. The van der Waals surface area contributed by atoms with E-state index >= 15 is 0 Å². The molecule has 1 aliphatic rings. The van der Waals surface area contributed by atoms with Crippen LogP contribution in [0.15, 0.2) is 48.5 Å². The summed E-state index contributed by atoms with van der Waals surface area (Å²) in [6.07, 6.45) is 2.73. The van der Waals surface area contributed by atoms with Gasteiger partial charge < -0.3 is 10.4 Å². The maximum Gasteiger partial charge on any atom is 0.268 e. The van der Waals surface area contributed by atoms with Crippen molar-refractivity contribution in [2.45, 2.75) is 44.9 Å². The fourth-order valence-electron chi connectivity index (χ4n) is 3.62. The first kappa shape index (κ1) is 23.5. The quantitative estimate of drug-likeness (QED) is 0.316. The van der Waals surface area contributed by atoms with Gasteiger partial charge in [0.1, 0.15) is 6.04 Å². The van der Waals surface area contributed by atoms with Crippen LogP contribution < -0.4 is 10.8 Å². The van der Waals surface area contributed by atoms with Crippen molar-refractivity contribution in [1.82, 2.24) is 15.7 Å². The van der Waals surface area contributed by atoms with Crippen molar-refractivity contribution in [1.29, 1.82) is 0 Å². The Kier molecular flexibility index (Phi) is 8.40. The standard InChI is InChI=1S/C25H29N3O4/c1-18(29)23(25(31)27-32)26-24(30)22-13-11-20(12-14-22)6-5-19-7-9-21(10-8-19)17-28-15-3-2-4-16-28/h7-14,18,23,29,32H,2-4,15-17H2,1H3,(H,26,30)(H,27,31)/t18-,23+/m1/s1. The van der Waals surface area contributed by atoms with E-state index in [-0.39, 0.29) is 0 Å². The Morgan fingerprint density at radius 1 is 0.969 bits per heavy atom. The van der Waals surface area contributed by atoms with Crippen molar-refractivity contribution in [2.24, 2.45) is 0 Å². The van der Waals surface area contributed by atoms with Crippen LogP contribution in [-0.2, 0) is 11.3 Å². The fourth-order valence-corrected chi connectivity index (χ4v) is 3.62. The van der Waals surface area contributed by atoms with Gasteiger partial charge in [0.25, 0.3) is 11.8 Å². The van der Waals surface area contributed by atoms with Crippen LogP contribution in [0.4, 0.5) is 0 Å². The minimum atomic E-state index is -1.26. The van der Waals surface area contributed by atoms with Crippen LogP contribution in [0.5, 0.6) is 0 Å². The number of aliphatic hydroxyl groups is 1. The highest BCUT2D eigenvalue weighted by atomic mass is 16.5. The molecule has 2 amide bonds. The number of rotatable bonds is 6. The number of benzene rings is 2. The highest BCUT2D eigenvalue weighted by Crippen LogP contribution is 2.13. The Labute approximate surface area is 188 Å². The zero-order valence-corrected chi connectivity index (χ0v) is 18.2. The fraction of sp³-hybridized carbons (Fsp3) is 0.360. The molecule has 0 aliphatic carbocycles. The molecule has 4 N–H and O–H groups in total. The first-order valence-electron chi connectivity index (χ1n) is 10.8. The number of likely N-dealkylation sites (tertiary alicyclic amines) is 1. The average Bonchev–Trinajstić information content (AvgIpc) is 2.82. The Hall–Kier alpha value is -3.18. The molecule has 7 heteroatoms. The molecular formula is C25H29N3O4. The van der Waals surface area contributed by atoms with Crippen LogP contribution in [0.2, 0.25) is 0 Å². The third kappa shape index (κ3) is 6.66. The lowest BCUT2D eigenvalue weighted by Gasteiger charge is -2.26. The summed E-state index contributed by atoms with van der Waals surface area (Å²) in [5.41, 5.74) is 4.71. The average molecular weight is 436 g/mol. The Bertz CT molecular complexity index is 969. The second kappa shape index (κ2) is 11.4. The Morgan fingerprint density at radius 2 is 1.53 bits per heavy atom. The van der Waals surface area contributed by atoms with Crippen LogP contribution >= 0.6 is 0 Å². The smallest absolute Gasteiger partial charge is 0.268 e. The van der Waals surface area contributed by atoms with Crippen LogP contribution in [0, 0.1) is 11.8 Å². The number of nitrogens with one attached hydrogen (secondary N) is 2. The Balaban J connectivity index is 1.58. The Morgan fingerprint density at radius 3 is 2.06 bits per heavy atom.